The quantitative estimate of drug-likeness (QED) is 0.549. The zero-order valence-electron chi connectivity index (χ0n) is 16.3. The molecule has 0 aliphatic carbocycles. The van der Waals surface area contributed by atoms with Crippen molar-refractivity contribution in [2.45, 2.75) is 25.1 Å². The van der Waals surface area contributed by atoms with Crippen LogP contribution in [-0.2, 0) is 6.54 Å². The van der Waals surface area contributed by atoms with Gasteiger partial charge in [0, 0.05) is 42.8 Å². The molecule has 0 amide bonds. The number of hydrogen-bond donors (Lipinski definition) is 1. The maximum Gasteiger partial charge on any atom is 0.244 e. The standard InChI is InChI=1S/C23H21N5O2/c29-19-13-21(23-26-22(27-30-23)18-8-11-24-12-9-18)28(15-19)14-16-4-6-17(7-5-16)20-3-1-2-10-25-20/h1-12,19,21,29H,13-15H2. The second-order valence-corrected chi connectivity index (χ2v) is 7.44. The molecule has 0 bridgehead atoms. The number of aliphatic hydroxyl groups excluding tert-OH is 1. The lowest BCUT2D eigenvalue weighted by Crippen LogP contribution is -2.24. The molecular weight excluding hydrogens is 378 g/mol. The molecule has 7 nitrogen and oxygen atoms in total. The van der Waals surface area contributed by atoms with Crippen LogP contribution in [0.3, 0.4) is 0 Å². The normalized spacial score (nSPS) is 19.2. The van der Waals surface area contributed by atoms with Gasteiger partial charge in [0.05, 0.1) is 17.8 Å². The molecule has 0 saturated carbocycles. The Morgan fingerprint density at radius 3 is 2.57 bits per heavy atom. The number of β-amino-alcohol motifs (C(OH)–C–C–N with tert-alkyl or cyclic N) is 1. The van der Waals surface area contributed by atoms with E-state index in [0.29, 0.717) is 31.2 Å². The summed E-state index contributed by atoms with van der Waals surface area (Å²) in [6.45, 7) is 1.26. The molecule has 150 valence electrons. The summed E-state index contributed by atoms with van der Waals surface area (Å²) in [6.07, 6.45) is 5.35. The minimum atomic E-state index is -0.418. The van der Waals surface area contributed by atoms with Crippen molar-refractivity contribution in [3.05, 3.63) is 84.6 Å². The summed E-state index contributed by atoms with van der Waals surface area (Å²) in [4.78, 5) is 15.2. The Labute approximate surface area is 174 Å². The van der Waals surface area contributed by atoms with Gasteiger partial charge in [0.2, 0.25) is 11.7 Å². The molecule has 2 atom stereocenters. The number of aliphatic hydroxyl groups is 1. The average molecular weight is 399 g/mol. The van der Waals surface area contributed by atoms with Crippen LogP contribution in [0.2, 0.25) is 0 Å². The smallest absolute Gasteiger partial charge is 0.244 e. The Hall–Kier alpha value is -3.42. The third-order valence-corrected chi connectivity index (χ3v) is 5.35. The molecule has 0 spiro atoms. The van der Waals surface area contributed by atoms with Gasteiger partial charge in [-0.3, -0.25) is 14.9 Å². The first-order chi connectivity index (χ1) is 14.8. The fourth-order valence-corrected chi connectivity index (χ4v) is 3.85. The van der Waals surface area contributed by atoms with Crippen molar-refractivity contribution in [2.24, 2.45) is 0 Å². The largest absolute Gasteiger partial charge is 0.392 e. The molecular formula is C23H21N5O2. The SMILES string of the molecule is OC1CC(c2nc(-c3ccncc3)no2)N(Cc2ccc(-c3ccccn3)cc2)C1. The van der Waals surface area contributed by atoms with Crippen LogP contribution in [0.5, 0.6) is 0 Å². The number of pyridine rings is 2. The fourth-order valence-electron chi connectivity index (χ4n) is 3.85. The molecule has 2 unspecified atom stereocenters. The summed E-state index contributed by atoms with van der Waals surface area (Å²) in [7, 11) is 0. The van der Waals surface area contributed by atoms with Gasteiger partial charge in [-0.2, -0.15) is 4.98 Å². The van der Waals surface area contributed by atoms with Crippen LogP contribution in [0.15, 0.2) is 77.7 Å². The van der Waals surface area contributed by atoms with Gasteiger partial charge in [0.15, 0.2) is 0 Å². The van der Waals surface area contributed by atoms with E-state index in [-0.39, 0.29) is 6.04 Å². The van der Waals surface area contributed by atoms with E-state index in [2.05, 4.69) is 49.3 Å². The Morgan fingerprint density at radius 2 is 1.80 bits per heavy atom. The van der Waals surface area contributed by atoms with Crippen molar-refractivity contribution in [3.8, 4) is 22.6 Å². The van der Waals surface area contributed by atoms with Crippen molar-refractivity contribution < 1.29 is 9.63 Å². The van der Waals surface area contributed by atoms with Crippen LogP contribution in [-0.4, -0.2) is 42.8 Å². The number of benzene rings is 1. The zero-order valence-corrected chi connectivity index (χ0v) is 16.3. The van der Waals surface area contributed by atoms with Gasteiger partial charge in [-0.05, 0) is 36.2 Å². The Bertz CT molecular complexity index is 1100. The number of likely N-dealkylation sites (tertiary alicyclic amines) is 1. The van der Waals surface area contributed by atoms with E-state index < -0.39 is 6.10 Å². The van der Waals surface area contributed by atoms with Crippen molar-refractivity contribution in [2.75, 3.05) is 6.54 Å². The predicted octanol–water partition coefficient (Wildman–Crippen LogP) is 3.50. The van der Waals surface area contributed by atoms with Crippen LogP contribution >= 0.6 is 0 Å². The monoisotopic (exact) mass is 399 g/mol. The maximum atomic E-state index is 10.3. The molecule has 5 rings (SSSR count). The van der Waals surface area contributed by atoms with Gasteiger partial charge in [0.1, 0.15) is 0 Å². The number of nitrogens with zero attached hydrogens (tertiary/aromatic N) is 5. The van der Waals surface area contributed by atoms with Gasteiger partial charge in [-0.1, -0.05) is 35.5 Å². The molecule has 0 radical (unpaired) electrons. The highest BCUT2D eigenvalue weighted by molar-refractivity contribution is 5.59. The summed E-state index contributed by atoms with van der Waals surface area (Å²) >= 11 is 0. The molecule has 1 saturated heterocycles. The lowest BCUT2D eigenvalue weighted by molar-refractivity contribution is 0.169. The molecule has 1 aromatic carbocycles. The second kappa shape index (κ2) is 8.14. The summed E-state index contributed by atoms with van der Waals surface area (Å²) in [5, 5.41) is 14.4. The van der Waals surface area contributed by atoms with Gasteiger partial charge in [0.25, 0.3) is 0 Å². The highest BCUT2D eigenvalue weighted by Crippen LogP contribution is 2.33. The van der Waals surface area contributed by atoms with E-state index in [9.17, 15) is 5.11 Å². The summed E-state index contributed by atoms with van der Waals surface area (Å²) in [6, 6.07) is 17.8. The summed E-state index contributed by atoms with van der Waals surface area (Å²) in [5.41, 5.74) is 4.04. The van der Waals surface area contributed by atoms with Crippen molar-refractivity contribution in [3.63, 3.8) is 0 Å². The molecule has 1 N–H and O–H groups in total. The van der Waals surface area contributed by atoms with Crippen LogP contribution in [0.25, 0.3) is 22.6 Å². The molecule has 4 heterocycles. The van der Waals surface area contributed by atoms with E-state index in [4.69, 9.17) is 4.52 Å². The van der Waals surface area contributed by atoms with Crippen LogP contribution in [0.4, 0.5) is 0 Å². The van der Waals surface area contributed by atoms with Crippen molar-refractivity contribution >= 4 is 0 Å². The minimum Gasteiger partial charge on any atom is -0.392 e. The number of aromatic nitrogens is 4. The van der Waals surface area contributed by atoms with E-state index in [1.807, 2.05) is 30.3 Å². The highest BCUT2D eigenvalue weighted by atomic mass is 16.5. The third kappa shape index (κ3) is 3.85. The molecule has 3 aromatic heterocycles. The van der Waals surface area contributed by atoms with Crippen molar-refractivity contribution in [1.29, 1.82) is 0 Å². The zero-order chi connectivity index (χ0) is 20.3. The van der Waals surface area contributed by atoms with Gasteiger partial charge in [-0.15, -0.1) is 0 Å². The van der Waals surface area contributed by atoms with Gasteiger partial charge < -0.3 is 9.63 Å². The topological polar surface area (TPSA) is 88.2 Å². The van der Waals surface area contributed by atoms with Crippen LogP contribution in [0, 0.1) is 0 Å². The summed E-state index contributed by atoms with van der Waals surface area (Å²) < 4.78 is 5.55. The van der Waals surface area contributed by atoms with Crippen LogP contribution < -0.4 is 0 Å². The molecule has 1 fully saturated rings. The van der Waals surface area contributed by atoms with E-state index in [1.54, 1.807) is 18.6 Å². The maximum absolute atomic E-state index is 10.3. The van der Waals surface area contributed by atoms with Gasteiger partial charge >= 0.3 is 0 Å². The van der Waals surface area contributed by atoms with Gasteiger partial charge in [-0.25, -0.2) is 0 Å². The first-order valence-corrected chi connectivity index (χ1v) is 9.93. The van der Waals surface area contributed by atoms with Crippen LogP contribution in [0.1, 0.15) is 23.9 Å². The number of rotatable bonds is 5. The summed E-state index contributed by atoms with van der Waals surface area (Å²) in [5.74, 6) is 1.07. The lowest BCUT2D eigenvalue weighted by atomic mass is 10.1. The average Bonchev–Trinajstić information content (AvgIpc) is 3.42. The fraction of sp³-hybridized carbons (Fsp3) is 0.217. The highest BCUT2D eigenvalue weighted by Gasteiger charge is 2.35. The molecule has 4 aromatic rings. The van der Waals surface area contributed by atoms with Crippen molar-refractivity contribution in [1.82, 2.24) is 25.0 Å². The minimum absolute atomic E-state index is 0.112. The molecule has 1 aliphatic rings. The van der Waals surface area contributed by atoms with E-state index in [0.717, 1.165) is 22.4 Å². The first kappa shape index (κ1) is 18.6. The third-order valence-electron chi connectivity index (χ3n) is 5.35. The molecule has 7 heteroatoms. The Morgan fingerprint density at radius 1 is 0.967 bits per heavy atom. The lowest BCUT2D eigenvalue weighted by Gasteiger charge is -2.21. The van der Waals surface area contributed by atoms with E-state index >= 15 is 0 Å². The molecule has 1 aliphatic heterocycles. The van der Waals surface area contributed by atoms with E-state index in [1.165, 1.54) is 0 Å². The molecule has 30 heavy (non-hydrogen) atoms. The Balaban J connectivity index is 1.33. The second-order valence-electron chi connectivity index (χ2n) is 7.44. The predicted molar refractivity (Wildman–Crippen MR) is 111 cm³/mol. The Kier molecular flexibility index (Phi) is 5.04. The first-order valence-electron chi connectivity index (χ1n) is 9.93. The number of hydrogen-bond acceptors (Lipinski definition) is 7.